The van der Waals surface area contributed by atoms with Crippen molar-refractivity contribution in [1.29, 1.82) is 0 Å². The van der Waals surface area contributed by atoms with Gasteiger partial charge in [0, 0.05) is 23.7 Å². The van der Waals surface area contributed by atoms with Crippen LogP contribution in [0.15, 0.2) is 48.5 Å². The van der Waals surface area contributed by atoms with Crippen LogP contribution in [0.2, 0.25) is 0 Å². The van der Waals surface area contributed by atoms with Gasteiger partial charge in [-0.25, -0.2) is 0 Å². The first-order valence-corrected chi connectivity index (χ1v) is 22.9. The first-order valence-electron chi connectivity index (χ1n) is 22.9. The number of aryl methyl sites for hydroxylation is 8. The van der Waals surface area contributed by atoms with E-state index in [1.807, 2.05) is 55.4 Å². The summed E-state index contributed by atoms with van der Waals surface area (Å²) >= 11 is 0. The van der Waals surface area contributed by atoms with E-state index < -0.39 is 0 Å². The fraction of sp³-hybridized carbons (Fsp3) is 0.564. The van der Waals surface area contributed by atoms with Crippen molar-refractivity contribution in [2.24, 2.45) is 0 Å². The molecule has 0 amide bonds. The van der Waals surface area contributed by atoms with Gasteiger partial charge in [-0.15, -0.1) is 0 Å². The van der Waals surface area contributed by atoms with Crippen LogP contribution in [0, 0.1) is 27.7 Å². The Hall–Kier alpha value is -3.12. The van der Waals surface area contributed by atoms with E-state index in [1.165, 1.54) is 59.9 Å². The summed E-state index contributed by atoms with van der Waals surface area (Å²) in [5.74, 6) is 3.05. The Morgan fingerprint density at radius 3 is 0.836 bits per heavy atom. The van der Waals surface area contributed by atoms with Crippen LogP contribution in [-0.2, 0) is 25.7 Å². The highest BCUT2D eigenvalue weighted by Gasteiger charge is 2.32. The van der Waals surface area contributed by atoms with Gasteiger partial charge in [-0.05, 0) is 126 Å². The minimum atomic E-state index is 0.760. The fourth-order valence-corrected chi connectivity index (χ4v) is 7.80. The second kappa shape index (κ2) is 25.9. The standard InChI is InChI=1S/4C11H14.C3H8.4C2H6/c1-4-9-5-7(2)11-8(3)10(11)6-9;3*1-4-9-5-7(2)6-10-8(3)11(9)10;1-3-2;4*1-2/h4*5-6,8H,4H2,1-3H3;3H2,1-2H3;4*1-2H3/t4*8-;;;;;/m0000...../s1. The molecule has 4 aliphatic carbocycles. The average Bonchev–Trinajstić information content (AvgIpc) is 4.18. The zero-order valence-electron chi connectivity index (χ0n) is 40.5. The van der Waals surface area contributed by atoms with Crippen LogP contribution in [0.25, 0.3) is 0 Å². The molecule has 0 heterocycles. The molecule has 4 aliphatic rings. The molecule has 0 saturated carbocycles. The zero-order valence-corrected chi connectivity index (χ0v) is 40.5. The molecule has 0 radical (unpaired) electrons. The summed E-state index contributed by atoms with van der Waals surface area (Å²) in [6, 6.07) is 18.6. The molecule has 0 unspecified atom stereocenters. The Morgan fingerprint density at radius 1 is 0.345 bits per heavy atom. The van der Waals surface area contributed by atoms with E-state index in [2.05, 4.69) is 145 Å². The number of hydrogen-bond acceptors (Lipinski definition) is 0. The highest BCUT2D eigenvalue weighted by atomic mass is 14.4. The molecule has 8 rings (SSSR count). The molecule has 0 heteroatoms. The SMILES string of the molecule is CC.CC.CC.CC.CCC.CCc1cc(C)c2c(c1)[C@@H]2C.CCc1cc(C)cc2c1[C@H]2C.CCc1cc(C)cc2c1[C@H]2C.CCc1cc(C)cc2c1[C@H]2C. The highest BCUT2D eigenvalue weighted by Crippen LogP contribution is 2.48. The lowest BCUT2D eigenvalue weighted by atomic mass is 10.1. The van der Waals surface area contributed by atoms with Crippen molar-refractivity contribution in [2.45, 2.75) is 208 Å². The Kier molecular flexibility index (Phi) is 24.5. The molecule has 0 nitrogen and oxygen atoms in total. The Morgan fingerprint density at radius 2 is 0.600 bits per heavy atom. The van der Waals surface area contributed by atoms with Gasteiger partial charge in [-0.2, -0.15) is 0 Å². The van der Waals surface area contributed by atoms with Crippen molar-refractivity contribution in [3.05, 3.63) is 138 Å². The van der Waals surface area contributed by atoms with Crippen LogP contribution in [0.1, 0.15) is 244 Å². The lowest BCUT2D eigenvalue weighted by Crippen LogP contribution is -1.80. The third-order valence-electron chi connectivity index (χ3n) is 10.6. The van der Waals surface area contributed by atoms with E-state index in [-0.39, 0.29) is 0 Å². The lowest BCUT2D eigenvalue weighted by molar-refractivity contribution is 1.08. The van der Waals surface area contributed by atoms with Crippen LogP contribution in [0.5, 0.6) is 0 Å². The number of benzene rings is 4. The lowest BCUT2D eigenvalue weighted by Gasteiger charge is -1.95. The van der Waals surface area contributed by atoms with E-state index in [0.717, 1.165) is 23.7 Å². The molecule has 0 fully saturated rings. The van der Waals surface area contributed by atoms with Gasteiger partial charge in [-0.1, -0.05) is 196 Å². The van der Waals surface area contributed by atoms with Crippen LogP contribution in [-0.4, -0.2) is 0 Å². The van der Waals surface area contributed by atoms with E-state index in [1.54, 1.807) is 61.2 Å². The second-order valence-corrected chi connectivity index (χ2v) is 14.7. The summed E-state index contributed by atoms with van der Waals surface area (Å²) in [7, 11) is 0. The predicted molar refractivity (Wildman–Crippen MR) is 254 cm³/mol. The first-order chi connectivity index (χ1) is 26.4. The summed E-state index contributed by atoms with van der Waals surface area (Å²) in [6.45, 7) is 47.1. The molecule has 308 valence electrons. The van der Waals surface area contributed by atoms with Gasteiger partial charge in [0.05, 0.1) is 0 Å². The summed E-state index contributed by atoms with van der Waals surface area (Å²) in [5.41, 5.74) is 24.7. The van der Waals surface area contributed by atoms with Crippen molar-refractivity contribution in [3.8, 4) is 0 Å². The first kappa shape index (κ1) is 51.9. The maximum Gasteiger partial charge on any atom is 0.00698 e. The smallest absolute Gasteiger partial charge is 0.00698 e. The Bertz CT molecular complexity index is 1560. The number of rotatable bonds is 4. The molecule has 0 saturated heterocycles. The molecule has 0 spiro atoms. The normalized spacial score (nSPS) is 16.5. The fourth-order valence-electron chi connectivity index (χ4n) is 7.80. The minimum Gasteiger partial charge on any atom is -0.0683 e. The predicted octanol–water partition coefficient (Wildman–Crippen LogP) is 17.6. The van der Waals surface area contributed by atoms with Crippen molar-refractivity contribution in [2.75, 3.05) is 0 Å². The molecule has 0 N–H and O–H groups in total. The third kappa shape index (κ3) is 14.1. The van der Waals surface area contributed by atoms with Gasteiger partial charge in [0.15, 0.2) is 0 Å². The maximum atomic E-state index is 2.35. The molecule has 0 aromatic heterocycles. The van der Waals surface area contributed by atoms with Crippen LogP contribution in [0.4, 0.5) is 0 Å². The molecule has 0 aliphatic heterocycles. The van der Waals surface area contributed by atoms with Gasteiger partial charge >= 0.3 is 0 Å². The third-order valence-corrected chi connectivity index (χ3v) is 10.6. The molecular weight excluding hydrogens is 661 g/mol. The molecular formula is C55H88. The van der Waals surface area contributed by atoms with Gasteiger partial charge in [0.25, 0.3) is 0 Å². The van der Waals surface area contributed by atoms with Crippen molar-refractivity contribution < 1.29 is 0 Å². The summed E-state index contributed by atoms with van der Waals surface area (Å²) in [5, 5.41) is 0. The van der Waals surface area contributed by atoms with Crippen LogP contribution in [0.3, 0.4) is 0 Å². The summed E-state index contributed by atoms with van der Waals surface area (Å²) in [4.78, 5) is 0. The molecule has 4 aromatic rings. The average molecular weight is 749 g/mol. The van der Waals surface area contributed by atoms with Gasteiger partial charge < -0.3 is 0 Å². The van der Waals surface area contributed by atoms with Crippen molar-refractivity contribution >= 4 is 0 Å². The second-order valence-electron chi connectivity index (χ2n) is 14.7. The topological polar surface area (TPSA) is 0 Å². The monoisotopic (exact) mass is 749 g/mol. The van der Waals surface area contributed by atoms with Crippen LogP contribution < -0.4 is 0 Å². The van der Waals surface area contributed by atoms with Crippen molar-refractivity contribution in [3.63, 3.8) is 0 Å². The van der Waals surface area contributed by atoms with Crippen molar-refractivity contribution in [1.82, 2.24) is 0 Å². The number of fused-ring (bicyclic) bond motifs is 4. The van der Waals surface area contributed by atoms with Gasteiger partial charge in [0.1, 0.15) is 0 Å². The van der Waals surface area contributed by atoms with Gasteiger partial charge in [-0.3, -0.25) is 0 Å². The molecule has 4 atom stereocenters. The quantitative estimate of drug-likeness (QED) is 0.195. The van der Waals surface area contributed by atoms with E-state index in [0.29, 0.717) is 0 Å². The largest absolute Gasteiger partial charge is 0.0683 e. The number of hydrogen-bond donors (Lipinski definition) is 0. The molecule has 55 heavy (non-hydrogen) atoms. The summed E-state index contributed by atoms with van der Waals surface area (Å²) in [6.07, 6.45) is 5.98. The Labute approximate surface area is 344 Å². The van der Waals surface area contributed by atoms with E-state index in [9.17, 15) is 0 Å². The van der Waals surface area contributed by atoms with Gasteiger partial charge in [0.2, 0.25) is 0 Å². The Balaban J connectivity index is 0.000000651. The van der Waals surface area contributed by atoms with E-state index in [4.69, 9.17) is 0 Å². The van der Waals surface area contributed by atoms with Crippen LogP contribution >= 0.6 is 0 Å². The highest BCUT2D eigenvalue weighted by molar-refractivity contribution is 5.60. The summed E-state index contributed by atoms with van der Waals surface area (Å²) < 4.78 is 0. The van der Waals surface area contributed by atoms with E-state index >= 15 is 0 Å². The maximum absolute atomic E-state index is 2.35. The molecule has 4 aromatic carbocycles. The molecule has 0 bridgehead atoms. The minimum absolute atomic E-state index is 0.760. The zero-order chi connectivity index (χ0) is 42.7.